The first kappa shape index (κ1) is 17.6. The predicted octanol–water partition coefficient (Wildman–Crippen LogP) is 2.17. The second-order valence-corrected chi connectivity index (χ2v) is 6.49. The van der Waals surface area contributed by atoms with Crippen LogP contribution in [0.2, 0.25) is 0 Å². The molecule has 0 amide bonds. The van der Waals surface area contributed by atoms with Gasteiger partial charge in [-0.2, -0.15) is 11.8 Å². The molecule has 0 aliphatic carbocycles. The zero-order chi connectivity index (χ0) is 14.6. The van der Waals surface area contributed by atoms with E-state index in [-0.39, 0.29) is 0 Å². The zero-order valence-corrected chi connectivity index (χ0v) is 14.3. The van der Waals surface area contributed by atoms with E-state index in [9.17, 15) is 0 Å². The van der Waals surface area contributed by atoms with Crippen LogP contribution in [0.25, 0.3) is 0 Å². The van der Waals surface area contributed by atoms with Gasteiger partial charge in [-0.3, -0.25) is 4.99 Å². The first-order valence-corrected chi connectivity index (χ1v) is 9.34. The van der Waals surface area contributed by atoms with E-state index < -0.39 is 0 Å². The summed E-state index contributed by atoms with van der Waals surface area (Å²) in [4.78, 5) is 6.88. The molecule has 1 aliphatic heterocycles. The van der Waals surface area contributed by atoms with Crippen molar-refractivity contribution in [3.8, 4) is 0 Å². The average molecular weight is 301 g/mol. The number of thioether (sulfide) groups is 1. The van der Waals surface area contributed by atoms with Gasteiger partial charge in [-0.15, -0.1) is 0 Å². The molecule has 0 aromatic rings. The van der Waals surface area contributed by atoms with Gasteiger partial charge in [-0.25, -0.2) is 0 Å². The number of hydrogen-bond acceptors (Lipinski definition) is 3. The molecule has 0 spiro atoms. The standard InChI is InChI=1S/C15H32N4S/c1-14-8-4-6-11-19(14)12-7-5-9-17-15(16-2)18-10-13-20-3/h14H,4-13H2,1-3H3,(H2,16,17,18). The molecule has 0 aromatic heterocycles. The number of piperidine rings is 1. The highest BCUT2D eigenvalue weighted by molar-refractivity contribution is 7.98. The number of rotatable bonds is 8. The molecule has 5 heteroatoms. The van der Waals surface area contributed by atoms with Gasteiger partial charge in [0.25, 0.3) is 0 Å². The lowest BCUT2D eigenvalue weighted by atomic mass is 10.0. The fourth-order valence-corrected chi connectivity index (χ4v) is 2.93. The number of nitrogens with one attached hydrogen (secondary N) is 2. The average Bonchev–Trinajstić information content (AvgIpc) is 2.47. The molecule has 0 saturated carbocycles. The topological polar surface area (TPSA) is 39.7 Å². The Balaban J connectivity index is 2.02. The monoisotopic (exact) mass is 300 g/mol. The Bertz CT molecular complexity index is 271. The third-order valence-corrected chi connectivity index (χ3v) is 4.54. The molecule has 1 rings (SSSR count). The Hall–Kier alpha value is -0.420. The van der Waals surface area contributed by atoms with Gasteiger partial charge in [0.1, 0.15) is 0 Å². The SMILES string of the molecule is CN=C(NCCCCN1CCCCC1C)NCCSC. The summed E-state index contributed by atoms with van der Waals surface area (Å²) >= 11 is 1.85. The summed E-state index contributed by atoms with van der Waals surface area (Å²) in [6.07, 6.45) is 8.79. The van der Waals surface area contributed by atoms with Crippen molar-refractivity contribution in [2.45, 2.75) is 45.1 Å². The minimum Gasteiger partial charge on any atom is -0.356 e. The first-order chi connectivity index (χ1) is 9.77. The summed E-state index contributed by atoms with van der Waals surface area (Å²) in [6.45, 7) is 6.91. The summed E-state index contributed by atoms with van der Waals surface area (Å²) in [7, 11) is 1.84. The number of nitrogens with zero attached hydrogens (tertiary/aromatic N) is 2. The van der Waals surface area contributed by atoms with Crippen LogP contribution in [0.4, 0.5) is 0 Å². The third-order valence-electron chi connectivity index (χ3n) is 3.93. The summed E-state index contributed by atoms with van der Waals surface area (Å²) in [5.41, 5.74) is 0. The van der Waals surface area contributed by atoms with Crippen LogP contribution in [0, 0.1) is 0 Å². The molecule has 1 atom stereocenters. The Morgan fingerprint density at radius 1 is 1.25 bits per heavy atom. The molecule has 20 heavy (non-hydrogen) atoms. The van der Waals surface area contributed by atoms with Gasteiger partial charge in [-0.05, 0) is 52.0 Å². The van der Waals surface area contributed by atoms with Crippen molar-refractivity contribution in [3.63, 3.8) is 0 Å². The minimum absolute atomic E-state index is 0.790. The number of hydrogen-bond donors (Lipinski definition) is 2. The van der Waals surface area contributed by atoms with Crippen LogP contribution in [-0.4, -0.2) is 62.1 Å². The normalized spacial score (nSPS) is 20.9. The quantitative estimate of drug-likeness (QED) is 0.409. The smallest absolute Gasteiger partial charge is 0.191 e. The van der Waals surface area contributed by atoms with Crippen molar-refractivity contribution in [3.05, 3.63) is 0 Å². The van der Waals surface area contributed by atoms with E-state index in [2.05, 4.69) is 33.7 Å². The highest BCUT2D eigenvalue weighted by atomic mass is 32.2. The maximum atomic E-state index is 4.23. The van der Waals surface area contributed by atoms with E-state index in [0.717, 1.165) is 30.8 Å². The van der Waals surface area contributed by atoms with Gasteiger partial charge in [0.15, 0.2) is 5.96 Å². The lowest BCUT2D eigenvalue weighted by Gasteiger charge is -2.33. The largest absolute Gasteiger partial charge is 0.356 e. The molecule has 1 saturated heterocycles. The van der Waals surface area contributed by atoms with Gasteiger partial charge < -0.3 is 15.5 Å². The summed E-state index contributed by atoms with van der Waals surface area (Å²) in [5, 5.41) is 6.71. The minimum atomic E-state index is 0.790. The lowest BCUT2D eigenvalue weighted by Crippen LogP contribution is -2.40. The second kappa shape index (κ2) is 11.3. The van der Waals surface area contributed by atoms with Gasteiger partial charge >= 0.3 is 0 Å². The van der Waals surface area contributed by atoms with Crippen molar-refractivity contribution in [2.24, 2.45) is 4.99 Å². The highest BCUT2D eigenvalue weighted by Crippen LogP contribution is 2.16. The van der Waals surface area contributed by atoms with Crippen LogP contribution in [-0.2, 0) is 0 Å². The molecule has 0 radical (unpaired) electrons. The molecule has 118 valence electrons. The van der Waals surface area contributed by atoms with E-state index in [4.69, 9.17) is 0 Å². The van der Waals surface area contributed by atoms with Crippen LogP contribution in [0.15, 0.2) is 4.99 Å². The summed E-state index contributed by atoms with van der Waals surface area (Å²) in [5.74, 6) is 2.05. The molecule has 1 fully saturated rings. The van der Waals surface area contributed by atoms with Crippen molar-refractivity contribution in [2.75, 3.05) is 45.2 Å². The zero-order valence-electron chi connectivity index (χ0n) is 13.5. The molecule has 2 N–H and O–H groups in total. The number of unbranched alkanes of at least 4 members (excludes halogenated alkanes) is 1. The predicted molar refractivity (Wildman–Crippen MR) is 91.9 cm³/mol. The third kappa shape index (κ3) is 7.39. The molecule has 1 unspecified atom stereocenters. The molecule has 0 aromatic carbocycles. The molecule has 1 heterocycles. The van der Waals surface area contributed by atoms with Crippen LogP contribution < -0.4 is 10.6 Å². The molecule has 4 nitrogen and oxygen atoms in total. The van der Waals surface area contributed by atoms with E-state index in [1.807, 2.05) is 18.8 Å². The lowest BCUT2D eigenvalue weighted by molar-refractivity contribution is 0.158. The second-order valence-electron chi connectivity index (χ2n) is 5.51. The van der Waals surface area contributed by atoms with Crippen molar-refractivity contribution in [1.29, 1.82) is 0 Å². The Morgan fingerprint density at radius 3 is 2.75 bits per heavy atom. The summed E-state index contributed by atoms with van der Waals surface area (Å²) < 4.78 is 0. The van der Waals surface area contributed by atoms with Gasteiger partial charge in [0.05, 0.1) is 0 Å². The van der Waals surface area contributed by atoms with Crippen molar-refractivity contribution in [1.82, 2.24) is 15.5 Å². The van der Waals surface area contributed by atoms with Crippen molar-refractivity contribution < 1.29 is 0 Å². The van der Waals surface area contributed by atoms with Gasteiger partial charge in [-0.1, -0.05) is 6.42 Å². The number of likely N-dealkylation sites (tertiary alicyclic amines) is 1. The number of aliphatic imine (C=N–C) groups is 1. The highest BCUT2D eigenvalue weighted by Gasteiger charge is 2.16. The Morgan fingerprint density at radius 2 is 2.05 bits per heavy atom. The van der Waals surface area contributed by atoms with Crippen LogP contribution in [0.5, 0.6) is 0 Å². The first-order valence-electron chi connectivity index (χ1n) is 7.95. The van der Waals surface area contributed by atoms with E-state index in [0.29, 0.717) is 0 Å². The van der Waals surface area contributed by atoms with Gasteiger partial charge in [0.2, 0.25) is 0 Å². The van der Waals surface area contributed by atoms with E-state index >= 15 is 0 Å². The maximum Gasteiger partial charge on any atom is 0.191 e. The van der Waals surface area contributed by atoms with Crippen LogP contribution in [0.1, 0.15) is 39.0 Å². The molecule has 0 bridgehead atoms. The van der Waals surface area contributed by atoms with E-state index in [1.165, 1.54) is 45.2 Å². The Labute approximate surface area is 129 Å². The van der Waals surface area contributed by atoms with Crippen LogP contribution >= 0.6 is 11.8 Å². The fraction of sp³-hybridized carbons (Fsp3) is 0.933. The Kier molecular flexibility index (Phi) is 9.93. The molecular weight excluding hydrogens is 268 g/mol. The van der Waals surface area contributed by atoms with Crippen molar-refractivity contribution >= 4 is 17.7 Å². The number of guanidine groups is 1. The summed E-state index contributed by atoms with van der Waals surface area (Å²) in [6, 6.07) is 0.790. The molecule has 1 aliphatic rings. The molecular formula is C15H32N4S. The van der Waals surface area contributed by atoms with Gasteiger partial charge in [0, 0.05) is 31.9 Å². The maximum absolute atomic E-state index is 4.23. The van der Waals surface area contributed by atoms with Crippen LogP contribution in [0.3, 0.4) is 0 Å². The fourth-order valence-electron chi connectivity index (χ4n) is 2.63. The van der Waals surface area contributed by atoms with E-state index in [1.54, 1.807) is 0 Å².